The molecule has 0 aromatic carbocycles. The van der Waals surface area contributed by atoms with Crippen LogP contribution in [-0.4, -0.2) is 61.8 Å². The molecule has 6 heteroatoms. The van der Waals surface area contributed by atoms with Gasteiger partial charge in [-0.05, 0) is 33.0 Å². The summed E-state index contributed by atoms with van der Waals surface area (Å²) in [5, 5.41) is 0. The molecule has 108 valence electrons. The Morgan fingerprint density at radius 3 is 2.50 bits per heavy atom. The molecule has 1 aliphatic rings. The number of hydrogen-bond donors (Lipinski definition) is 1. The highest BCUT2D eigenvalue weighted by molar-refractivity contribution is 4.82. The van der Waals surface area contributed by atoms with Crippen molar-refractivity contribution in [2.45, 2.75) is 32.0 Å². The second-order valence-corrected chi connectivity index (χ2v) is 5.15. The van der Waals surface area contributed by atoms with Crippen molar-refractivity contribution in [3.05, 3.63) is 0 Å². The van der Waals surface area contributed by atoms with Gasteiger partial charge in [0.05, 0.1) is 5.92 Å². The van der Waals surface area contributed by atoms with Gasteiger partial charge < -0.3 is 10.6 Å². The number of likely N-dealkylation sites (N-methyl/N-ethyl adjacent to an activating group) is 1. The van der Waals surface area contributed by atoms with Gasteiger partial charge in [-0.3, -0.25) is 4.90 Å². The average Bonchev–Trinajstić information content (AvgIpc) is 2.45. The third-order valence-corrected chi connectivity index (χ3v) is 3.70. The third kappa shape index (κ3) is 4.40. The van der Waals surface area contributed by atoms with Crippen LogP contribution in [0.15, 0.2) is 0 Å². The lowest BCUT2D eigenvalue weighted by Crippen LogP contribution is -2.46. The Balaban J connectivity index is 2.67. The standard InChI is InChI=1S/C12H24F3N3/c1-3-11-9-17(2)5-4-6-18(11)8-10(7-16)12(13,14)15/h10-11H,3-9,16H2,1-2H3. The fourth-order valence-corrected chi connectivity index (χ4v) is 2.52. The molecule has 0 saturated carbocycles. The number of nitrogens with zero attached hydrogens (tertiary/aromatic N) is 2. The van der Waals surface area contributed by atoms with Gasteiger partial charge in [0, 0.05) is 25.7 Å². The topological polar surface area (TPSA) is 32.5 Å². The SMILES string of the molecule is CCC1CN(C)CCCN1CC(CN)C(F)(F)F. The summed E-state index contributed by atoms with van der Waals surface area (Å²) >= 11 is 0. The minimum absolute atomic E-state index is 0.0341. The van der Waals surface area contributed by atoms with Gasteiger partial charge in [-0.25, -0.2) is 0 Å². The maximum Gasteiger partial charge on any atom is 0.394 e. The second-order valence-electron chi connectivity index (χ2n) is 5.15. The Labute approximate surface area is 107 Å². The second kappa shape index (κ2) is 6.73. The lowest BCUT2D eigenvalue weighted by atomic mass is 10.1. The van der Waals surface area contributed by atoms with Crippen molar-refractivity contribution in [3.63, 3.8) is 0 Å². The summed E-state index contributed by atoms with van der Waals surface area (Å²) in [5.41, 5.74) is 5.27. The van der Waals surface area contributed by atoms with E-state index in [1.807, 2.05) is 18.9 Å². The molecule has 0 bridgehead atoms. The molecule has 2 atom stereocenters. The van der Waals surface area contributed by atoms with E-state index in [0.717, 1.165) is 32.5 Å². The summed E-state index contributed by atoms with van der Waals surface area (Å²) < 4.78 is 38.3. The molecule has 0 aromatic heterocycles. The molecular formula is C12H24F3N3. The van der Waals surface area contributed by atoms with E-state index in [9.17, 15) is 13.2 Å². The summed E-state index contributed by atoms with van der Waals surface area (Å²) in [6.07, 6.45) is -2.40. The van der Waals surface area contributed by atoms with Crippen molar-refractivity contribution >= 4 is 0 Å². The molecule has 0 aromatic rings. The zero-order valence-corrected chi connectivity index (χ0v) is 11.2. The Morgan fingerprint density at radius 2 is 2.00 bits per heavy atom. The minimum Gasteiger partial charge on any atom is -0.330 e. The molecule has 1 heterocycles. The zero-order chi connectivity index (χ0) is 13.8. The van der Waals surface area contributed by atoms with E-state index in [-0.39, 0.29) is 19.1 Å². The lowest BCUT2D eigenvalue weighted by Gasteiger charge is -2.33. The minimum atomic E-state index is -4.19. The van der Waals surface area contributed by atoms with Crippen LogP contribution in [0.2, 0.25) is 0 Å². The van der Waals surface area contributed by atoms with Crippen molar-refractivity contribution in [2.75, 3.05) is 39.8 Å². The summed E-state index contributed by atoms with van der Waals surface area (Å²) in [6.45, 7) is 4.26. The average molecular weight is 267 g/mol. The van der Waals surface area contributed by atoms with Crippen molar-refractivity contribution in [1.29, 1.82) is 0 Å². The van der Waals surface area contributed by atoms with Gasteiger partial charge >= 0.3 is 6.18 Å². The summed E-state index contributed by atoms with van der Waals surface area (Å²) in [7, 11) is 2.02. The van der Waals surface area contributed by atoms with E-state index < -0.39 is 12.1 Å². The predicted octanol–water partition coefficient (Wildman–Crippen LogP) is 1.54. The van der Waals surface area contributed by atoms with Gasteiger partial charge in [-0.15, -0.1) is 0 Å². The molecule has 0 radical (unpaired) electrons. The Morgan fingerprint density at radius 1 is 1.33 bits per heavy atom. The molecule has 1 aliphatic heterocycles. The predicted molar refractivity (Wildman–Crippen MR) is 66.4 cm³/mol. The van der Waals surface area contributed by atoms with Gasteiger partial charge in [0.1, 0.15) is 0 Å². The normalized spacial score (nSPS) is 26.0. The van der Waals surface area contributed by atoms with Crippen LogP contribution in [0.3, 0.4) is 0 Å². The number of alkyl halides is 3. The molecule has 0 spiro atoms. The van der Waals surface area contributed by atoms with E-state index in [1.54, 1.807) is 0 Å². The summed E-state index contributed by atoms with van der Waals surface area (Å²) in [4.78, 5) is 4.16. The first-order valence-corrected chi connectivity index (χ1v) is 6.57. The highest BCUT2D eigenvalue weighted by atomic mass is 19.4. The van der Waals surface area contributed by atoms with Crippen LogP contribution in [0.5, 0.6) is 0 Å². The van der Waals surface area contributed by atoms with Gasteiger partial charge in [-0.1, -0.05) is 6.92 Å². The first kappa shape index (κ1) is 15.7. The number of hydrogen-bond acceptors (Lipinski definition) is 3. The zero-order valence-electron chi connectivity index (χ0n) is 11.2. The summed E-state index contributed by atoms with van der Waals surface area (Å²) in [6, 6.07) is 0.203. The van der Waals surface area contributed by atoms with Crippen molar-refractivity contribution in [2.24, 2.45) is 11.7 Å². The van der Waals surface area contributed by atoms with E-state index in [2.05, 4.69) is 4.90 Å². The maximum absolute atomic E-state index is 12.8. The van der Waals surface area contributed by atoms with E-state index in [1.165, 1.54) is 0 Å². The first-order valence-electron chi connectivity index (χ1n) is 6.57. The van der Waals surface area contributed by atoms with Crippen LogP contribution >= 0.6 is 0 Å². The number of rotatable bonds is 4. The van der Waals surface area contributed by atoms with Gasteiger partial charge in [0.15, 0.2) is 0 Å². The molecular weight excluding hydrogens is 243 g/mol. The van der Waals surface area contributed by atoms with Crippen molar-refractivity contribution in [1.82, 2.24) is 9.80 Å². The van der Waals surface area contributed by atoms with Crippen LogP contribution < -0.4 is 5.73 Å². The van der Waals surface area contributed by atoms with Crippen molar-refractivity contribution < 1.29 is 13.2 Å². The van der Waals surface area contributed by atoms with Crippen molar-refractivity contribution in [3.8, 4) is 0 Å². The monoisotopic (exact) mass is 267 g/mol. The highest BCUT2D eigenvalue weighted by Crippen LogP contribution is 2.27. The largest absolute Gasteiger partial charge is 0.394 e. The molecule has 18 heavy (non-hydrogen) atoms. The number of nitrogens with two attached hydrogens (primary N) is 1. The van der Waals surface area contributed by atoms with Crippen LogP contribution in [0.4, 0.5) is 13.2 Å². The molecule has 3 nitrogen and oxygen atoms in total. The first-order chi connectivity index (χ1) is 8.38. The van der Waals surface area contributed by atoms with Crippen LogP contribution in [-0.2, 0) is 0 Å². The fraction of sp³-hybridized carbons (Fsp3) is 1.00. The highest BCUT2D eigenvalue weighted by Gasteiger charge is 2.40. The van der Waals surface area contributed by atoms with E-state index >= 15 is 0 Å². The van der Waals surface area contributed by atoms with Gasteiger partial charge in [0.25, 0.3) is 0 Å². The summed E-state index contributed by atoms with van der Waals surface area (Å²) in [5.74, 6) is -1.41. The fourth-order valence-electron chi connectivity index (χ4n) is 2.52. The van der Waals surface area contributed by atoms with Gasteiger partial charge in [0.2, 0.25) is 0 Å². The molecule has 1 fully saturated rings. The molecule has 2 unspecified atom stereocenters. The number of halogens is 3. The Kier molecular flexibility index (Phi) is 5.88. The Hall–Kier alpha value is -0.330. The van der Waals surface area contributed by atoms with Crippen LogP contribution in [0.25, 0.3) is 0 Å². The smallest absolute Gasteiger partial charge is 0.330 e. The lowest BCUT2D eigenvalue weighted by molar-refractivity contribution is -0.177. The Bertz CT molecular complexity index is 245. The molecule has 2 N–H and O–H groups in total. The van der Waals surface area contributed by atoms with Gasteiger partial charge in [-0.2, -0.15) is 13.2 Å². The van der Waals surface area contributed by atoms with E-state index in [0.29, 0.717) is 0 Å². The third-order valence-electron chi connectivity index (χ3n) is 3.70. The van der Waals surface area contributed by atoms with Crippen LogP contribution in [0.1, 0.15) is 19.8 Å². The van der Waals surface area contributed by atoms with Crippen LogP contribution in [0, 0.1) is 5.92 Å². The maximum atomic E-state index is 12.8. The molecule has 1 saturated heterocycles. The molecule has 0 amide bonds. The molecule has 1 rings (SSSR count). The molecule has 0 aliphatic carbocycles. The van der Waals surface area contributed by atoms with E-state index in [4.69, 9.17) is 5.73 Å². The quantitative estimate of drug-likeness (QED) is 0.838.